The molecular formula is C16H16N6O2. The van der Waals surface area contributed by atoms with E-state index in [2.05, 4.69) is 20.3 Å². The molecule has 0 saturated carbocycles. The van der Waals surface area contributed by atoms with E-state index >= 15 is 0 Å². The van der Waals surface area contributed by atoms with Gasteiger partial charge >= 0.3 is 0 Å². The molecule has 4 rings (SSSR count). The maximum Gasteiger partial charge on any atom is 0.239 e. The van der Waals surface area contributed by atoms with E-state index in [9.17, 15) is 4.79 Å². The molecule has 24 heavy (non-hydrogen) atoms. The minimum Gasteiger partial charge on any atom is -0.463 e. The fourth-order valence-corrected chi connectivity index (χ4v) is 2.72. The van der Waals surface area contributed by atoms with Crippen LogP contribution in [0.3, 0.4) is 0 Å². The van der Waals surface area contributed by atoms with Gasteiger partial charge in [0.1, 0.15) is 11.5 Å². The molecule has 1 aliphatic rings. The number of piperazine rings is 1. The number of hydrogen-bond acceptors (Lipinski definition) is 6. The summed E-state index contributed by atoms with van der Waals surface area (Å²) < 4.78 is 7.44. The number of aryl methyl sites for hydroxylation is 1. The standard InChI is InChI=1S/C16H16N6O2/c1-21-6-4-18-15(21)11-9-19-16(22-7-5-17-13(23)10-22)20-14(11)12-3-2-8-24-12/h2-4,6,8-9H,5,7,10H2,1H3,(H,17,23). The first-order valence-corrected chi connectivity index (χ1v) is 7.62. The molecule has 0 atom stereocenters. The van der Waals surface area contributed by atoms with Gasteiger partial charge in [-0.1, -0.05) is 0 Å². The molecule has 122 valence electrons. The molecule has 0 spiro atoms. The van der Waals surface area contributed by atoms with Crippen LogP contribution in [-0.2, 0) is 11.8 Å². The molecule has 1 N–H and O–H groups in total. The number of hydrogen-bond donors (Lipinski definition) is 1. The first-order valence-electron chi connectivity index (χ1n) is 7.62. The molecule has 0 radical (unpaired) electrons. The second-order valence-electron chi connectivity index (χ2n) is 5.54. The Balaban J connectivity index is 1.81. The summed E-state index contributed by atoms with van der Waals surface area (Å²) in [5, 5.41) is 2.80. The van der Waals surface area contributed by atoms with Crippen LogP contribution < -0.4 is 10.2 Å². The number of nitrogens with zero attached hydrogens (tertiary/aromatic N) is 5. The molecule has 8 heteroatoms. The van der Waals surface area contributed by atoms with Crippen molar-refractivity contribution in [1.29, 1.82) is 0 Å². The number of aromatic nitrogens is 4. The van der Waals surface area contributed by atoms with Gasteiger partial charge in [-0.15, -0.1) is 0 Å². The Labute approximate surface area is 138 Å². The minimum absolute atomic E-state index is 0.0300. The third-order valence-corrected chi connectivity index (χ3v) is 3.91. The van der Waals surface area contributed by atoms with E-state index in [0.717, 1.165) is 11.4 Å². The van der Waals surface area contributed by atoms with Crippen LogP contribution in [0.25, 0.3) is 22.8 Å². The zero-order valence-corrected chi connectivity index (χ0v) is 13.1. The van der Waals surface area contributed by atoms with E-state index in [1.807, 2.05) is 34.8 Å². The minimum atomic E-state index is -0.0300. The number of rotatable bonds is 3. The summed E-state index contributed by atoms with van der Waals surface area (Å²) in [6.45, 7) is 1.50. The van der Waals surface area contributed by atoms with Crippen molar-refractivity contribution in [2.75, 3.05) is 24.5 Å². The normalized spacial score (nSPS) is 14.7. The summed E-state index contributed by atoms with van der Waals surface area (Å²) in [5.41, 5.74) is 1.44. The van der Waals surface area contributed by atoms with E-state index in [1.165, 1.54) is 0 Å². The summed E-state index contributed by atoms with van der Waals surface area (Å²) in [7, 11) is 1.91. The Kier molecular flexibility index (Phi) is 3.49. The average Bonchev–Trinajstić information content (AvgIpc) is 3.26. The lowest BCUT2D eigenvalue weighted by Crippen LogP contribution is -2.48. The molecule has 0 unspecified atom stereocenters. The number of carbonyl (C=O) groups is 1. The molecule has 0 aromatic carbocycles. The van der Waals surface area contributed by atoms with Gasteiger partial charge in [-0.2, -0.15) is 0 Å². The number of nitrogens with one attached hydrogen (secondary N) is 1. The van der Waals surface area contributed by atoms with Crippen LogP contribution in [0.15, 0.2) is 41.4 Å². The maximum atomic E-state index is 11.6. The van der Waals surface area contributed by atoms with Crippen LogP contribution >= 0.6 is 0 Å². The quantitative estimate of drug-likeness (QED) is 0.775. The van der Waals surface area contributed by atoms with Gasteiger partial charge in [0, 0.05) is 38.7 Å². The van der Waals surface area contributed by atoms with Gasteiger partial charge in [0.15, 0.2) is 5.76 Å². The lowest BCUT2D eigenvalue weighted by atomic mass is 10.2. The molecular weight excluding hydrogens is 308 g/mol. The predicted molar refractivity (Wildman–Crippen MR) is 87.2 cm³/mol. The summed E-state index contributed by atoms with van der Waals surface area (Å²) in [6.07, 6.45) is 6.93. The van der Waals surface area contributed by atoms with Crippen molar-refractivity contribution in [2.45, 2.75) is 0 Å². The molecule has 1 amide bonds. The second-order valence-corrected chi connectivity index (χ2v) is 5.54. The molecule has 1 aliphatic heterocycles. The number of furan rings is 1. The van der Waals surface area contributed by atoms with Gasteiger partial charge in [0.05, 0.1) is 18.4 Å². The zero-order chi connectivity index (χ0) is 16.5. The highest BCUT2D eigenvalue weighted by molar-refractivity contribution is 5.82. The lowest BCUT2D eigenvalue weighted by Gasteiger charge is -2.26. The maximum absolute atomic E-state index is 11.6. The monoisotopic (exact) mass is 324 g/mol. The SMILES string of the molecule is Cn1ccnc1-c1cnc(N2CCNC(=O)C2)nc1-c1ccco1. The zero-order valence-electron chi connectivity index (χ0n) is 13.1. The first kappa shape index (κ1) is 14.4. The smallest absolute Gasteiger partial charge is 0.239 e. The highest BCUT2D eigenvalue weighted by Gasteiger charge is 2.22. The van der Waals surface area contributed by atoms with E-state index in [1.54, 1.807) is 18.7 Å². The van der Waals surface area contributed by atoms with Crippen molar-refractivity contribution in [3.8, 4) is 22.8 Å². The fourth-order valence-electron chi connectivity index (χ4n) is 2.72. The lowest BCUT2D eigenvalue weighted by molar-refractivity contribution is -0.120. The van der Waals surface area contributed by atoms with E-state index < -0.39 is 0 Å². The molecule has 3 aromatic rings. The highest BCUT2D eigenvalue weighted by atomic mass is 16.3. The Morgan fingerprint density at radius 2 is 2.25 bits per heavy atom. The third-order valence-electron chi connectivity index (χ3n) is 3.91. The van der Waals surface area contributed by atoms with Crippen LogP contribution in [0.4, 0.5) is 5.95 Å². The highest BCUT2D eigenvalue weighted by Crippen LogP contribution is 2.30. The summed E-state index contributed by atoms with van der Waals surface area (Å²) >= 11 is 0. The number of amides is 1. The van der Waals surface area contributed by atoms with Crippen molar-refractivity contribution in [1.82, 2.24) is 24.8 Å². The summed E-state index contributed by atoms with van der Waals surface area (Å²) in [5.74, 6) is 1.87. The number of anilines is 1. The molecule has 3 aromatic heterocycles. The Bertz CT molecular complexity index is 871. The van der Waals surface area contributed by atoms with Gasteiger partial charge < -0.3 is 19.2 Å². The van der Waals surface area contributed by atoms with Crippen molar-refractivity contribution in [2.24, 2.45) is 7.05 Å². The third kappa shape index (κ3) is 2.51. The largest absolute Gasteiger partial charge is 0.463 e. The topological polar surface area (TPSA) is 89.1 Å². The van der Waals surface area contributed by atoms with Crippen LogP contribution in [-0.4, -0.2) is 45.1 Å². The number of imidazole rings is 1. The van der Waals surface area contributed by atoms with Crippen molar-refractivity contribution >= 4 is 11.9 Å². The van der Waals surface area contributed by atoms with E-state index in [0.29, 0.717) is 30.5 Å². The van der Waals surface area contributed by atoms with Crippen LogP contribution in [0.1, 0.15) is 0 Å². The Hall–Kier alpha value is -3.16. The van der Waals surface area contributed by atoms with Gasteiger partial charge in [0.2, 0.25) is 11.9 Å². The average molecular weight is 324 g/mol. The van der Waals surface area contributed by atoms with Gasteiger partial charge in [-0.3, -0.25) is 4.79 Å². The molecule has 0 bridgehead atoms. The van der Waals surface area contributed by atoms with Gasteiger partial charge in [-0.05, 0) is 12.1 Å². The fraction of sp³-hybridized carbons (Fsp3) is 0.250. The predicted octanol–water partition coefficient (Wildman–Crippen LogP) is 1.07. The molecule has 1 fully saturated rings. The van der Waals surface area contributed by atoms with Gasteiger partial charge in [0.25, 0.3) is 0 Å². The molecule has 1 saturated heterocycles. The molecule has 4 heterocycles. The van der Waals surface area contributed by atoms with Crippen molar-refractivity contribution < 1.29 is 9.21 Å². The second kappa shape index (κ2) is 5.80. The van der Waals surface area contributed by atoms with E-state index in [4.69, 9.17) is 4.42 Å². The van der Waals surface area contributed by atoms with Crippen LogP contribution in [0.5, 0.6) is 0 Å². The van der Waals surface area contributed by atoms with Crippen molar-refractivity contribution in [3.05, 3.63) is 37.0 Å². The Morgan fingerprint density at radius 3 is 2.96 bits per heavy atom. The van der Waals surface area contributed by atoms with Crippen LogP contribution in [0, 0.1) is 0 Å². The summed E-state index contributed by atoms with van der Waals surface area (Å²) in [6, 6.07) is 3.66. The summed E-state index contributed by atoms with van der Waals surface area (Å²) in [4.78, 5) is 26.9. The van der Waals surface area contributed by atoms with Crippen molar-refractivity contribution in [3.63, 3.8) is 0 Å². The van der Waals surface area contributed by atoms with Crippen LogP contribution in [0.2, 0.25) is 0 Å². The number of carbonyl (C=O) groups excluding carboxylic acids is 1. The Morgan fingerprint density at radius 1 is 1.33 bits per heavy atom. The first-order chi connectivity index (χ1) is 11.7. The van der Waals surface area contributed by atoms with Gasteiger partial charge in [-0.25, -0.2) is 15.0 Å². The molecule has 8 nitrogen and oxygen atoms in total. The van der Waals surface area contributed by atoms with E-state index in [-0.39, 0.29) is 12.5 Å². The molecule has 0 aliphatic carbocycles.